The molecule has 3 heteroatoms. The van der Waals surface area contributed by atoms with E-state index >= 15 is 0 Å². The van der Waals surface area contributed by atoms with Crippen molar-refractivity contribution < 1.29 is 4.74 Å². The lowest BCUT2D eigenvalue weighted by molar-refractivity contribution is 0.304. The average molecular weight is 291 g/mol. The minimum atomic E-state index is 0.833. The van der Waals surface area contributed by atoms with Crippen LogP contribution in [0.5, 0.6) is 5.75 Å². The quantitative estimate of drug-likeness (QED) is 0.515. The summed E-state index contributed by atoms with van der Waals surface area (Å²) in [6, 6.07) is 6.15. The summed E-state index contributed by atoms with van der Waals surface area (Å²) in [5.74, 6) is 0.977. The van der Waals surface area contributed by atoms with Gasteiger partial charge in [0.05, 0.1) is 22.3 Å². The number of unbranched alkanes of at least 4 members (excludes halogenated alkanes) is 7. The number of ether oxygens (including phenoxy) is 1. The van der Waals surface area contributed by atoms with Crippen LogP contribution in [0.2, 0.25) is 0 Å². The molecule has 0 fully saturated rings. The molecule has 0 aliphatic heterocycles. The lowest BCUT2D eigenvalue weighted by Crippen LogP contribution is -1.97. The Labute approximate surface area is 126 Å². The van der Waals surface area contributed by atoms with Crippen LogP contribution in [0.25, 0.3) is 10.2 Å². The van der Waals surface area contributed by atoms with E-state index in [1.165, 1.54) is 49.6 Å². The van der Waals surface area contributed by atoms with Gasteiger partial charge in [-0.1, -0.05) is 51.9 Å². The number of hydrogen-bond donors (Lipinski definition) is 0. The van der Waals surface area contributed by atoms with Gasteiger partial charge in [0, 0.05) is 0 Å². The first-order valence-electron chi connectivity index (χ1n) is 7.86. The van der Waals surface area contributed by atoms with Crippen molar-refractivity contribution in [2.24, 2.45) is 0 Å². The van der Waals surface area contributed by atoms with Crippen molar-refractivity contribution in [3.63, 3.8) is 0 Å². The van der Waals surface area contributed by atoms with Crippen LogP contribution >= 0.6 is 11.3 Å². The number of fused-ring (bicyclic) bond motifs is 1. The van der Waals surface area contributed by atoms with E-state index in [9.17, 15) is 0 Å². The van der Waals surface area contributed by atoms with Gasteiger partial charge in [-0.05, 0) is 24.6 Å². The predicted molar refractivity (Wildman–Crippen MR) is 87.7 cm³/mol. The molecule has 2 nitrogen and oxygen atoms in total. The fraction of sp³-hybridized carbons (Fsp3) is 0.588. The van der Waals surface area contributed by atoms with Crippen molar-refractivity contribution in [3.8, 4) is 5.75 Å². The van der Waals surface area contributed by atoms with Crippen molar-refractivity contribution >= 4 is 21.6 Å². The molecule has 1 heterocycles. The van der Waals surface area contributed by atoms with Crippen LogP contribution in [0.15, 0.2) is 23.7 Å². The second-order valence-electron chi connectivity index (χ2n) is 5.31. The molecular weight excluding hydrogens is 266 g/mol. The SMILES string of the molecule is CCCCCCCCCCOc1ccc2ncsc2c1. The number of rotatable bonds is 10. The summed E-state index contributed by atoms with van der Waals surface area (Å²) in [5.41, 5.74) is 2.95. The van der Waals surface area contributed by atoms with Crippen LogP contribution in [-0.2, 0) is 0 Å². The van der Waals surface area contributed by atoms with Gasteiger partial charge in [-0.3, -0.25) is 0 Å². The highest BCUT2D eigenvalue weighted by Gasteiger charge is 1.99. The molecule has 2 rings (SSSR count). The van der Waals surface area contributed by atoms with Gasteiger partial charge >= 0.3 is 0 Å². The lowest BCUT2D eigenvalue weighted by Gasteiger charge is -2.06. The number of thiazole rings is 1. The van der Waals surface area contributed by atoms with Gasteiger partial charge < -0.3 is 4.74 Å². The Morgan fingerprint density at radius 2 is 1.75 bits per heavy atom. The molecule has 0 atom stereocenters. The molecule has 0 radical (unpaired) electrons. The summed E-state index contributed by atoms with van der Waals surface area (Å²) in [4.78, 5) is 4.27. The molecule has 2 aromatic rings. The van der Waals surface area contributed by atoms with Crippen LogP contribution in [-0.4, -0.2) is 11.6 Å². The molecule has 0 aliphatic carbocycles. The molecule has 20 heavy (non-hydrogen) atoms. The Hall–Kier alpha value is -1.09. The van der Waals surface area contributed by atoms with E-state index in [1.54, 1.807) is 11.3 Å². The molecule has 0 unspecified atom stereocenters. The first-order valence-corrected chi connectivity index (χ1v) is 8.74. The Morgan fingerprint density at radius 1 is 1.00 bits per heavy atom. The maximum Gasteiger partial charge on any atom is 0.120 e. The maximum atomic E-state index is 5.81. The fourth-order valence-electron chi connectivity index (χ4n) is 2.35. The standard InChI is InChI=1S/C17H25NOS/c1-2-3-4-5-6-7-8-9-12-19-15-10-11-16-17(13-15)20-14-18-16/h10-11,13-14H,2-9,12H2,1H3. The summed E-state index contributed by atoms with van der Waals surface area (Å²) in [7, 11) is 0. The van der Waals surface area contributed by atoms with E-state index in [2.05, 4.69) is 18.0 Å². The zero-order chi connectivity index (χ0) is 14.0. The second kappa shape index (κ2) is 8.96. The van der Waals surface area contributed by atoms with Crippen molar-refractivity contribution in [2.75, 3.05) is 6.61 Å². The molecule has 110 valence electrons. The smallest absolute Gasteiger partial charge is 0.120 e. The summed E-state index contributed by atoms with van der Waals surface area (Å²) in [6.45, 7) is 3.10. The van der Waals surface area contributed by atoms with Gasteiger partial charge in [0.15, 0.2) is 0 Å². The summed E-state index contributed by atoms with van der Waals surface area (Å²) >= 11 is 1.67. The predicted octanol–water partition coefficient (Wildman–Crippen LogP) is 5.82. The normalized spacial score (nSPS) is 11.1. The minimum absolute atomic E-state index is 0.833. The number of benzene rings is 1. The third-order valence-electron chi connectivity index (χ3n) is 3.57. The van der Waals surface area contributed by atoms with Gasteiger partial charge in [-0.25, -0.2) is 4.98 Å². The summed E-state index contributed by atoms with van der Waals surface area (Å²) in [6.07, 6.45) is 10.7. The van der Waals surface area contributed by atoms with Crippen molar-refractivity contribution in [1.82, 2.24) is 4.98 Å². The molecule has 0 saturated heterocycles. The second-order valence-corrected chi connectivity index (χ2v) is 6.19. The Morgan fingerprint density at radius 3 is 2.55 bits per heavy atom. The third-order valence-corrected chi connectivity index (χ3v) is 4.36. The monoisotopic (exact) mass is 291 g/mol. The fourth-order valence-corrected chi connectivity index (χ4v) is 3.06. The molecule has 0 saturated carbocycles. The van der Waals surface area contributed by atoms with E-state index in [1.807, 2.05) is 17.6 Å². The highest BCUT2D eigenvalue weighted by Crippen LogP contribution is 2.23. The largest absolute Gasteiger partial charge is 0.494 e. The number of nitrogens with zero attached hydrogens (tertiary/aromatic N) is 1. The minimum Gasteiger partial charge on any atom is -0.494 e. The first kappa shape index (κ1) is 15.3. The van der Waals surface area contributed by atoms with Crippen molar-refractivity contribution in [2.45, 2.75) is 58.3 Å². The van der Waals surface area contributed by atoms with Crippen molar-refractivity contribution in [1.29, 1.82) is 0 Å². The molecule has 0 amide bonds. The van der Waals surface area contributed by atoms with Crippen LogP contribution in [0.1, 0.15) is 58.3 Å². The molecule has 0 spiro atoms. The van der Waals surface area contributed by atoms with E-state index < -0.39 is 0 Å². The first-order chi connectivity index (χ1) is 9.90. The van der Waals surface area contributed by atoms with E-state index in [-0.39, 0.29) is 0 Å². The van der Waals surface area contributed by atoms with Crippen LogP contribution < -0.4 is 4.74 Å². The summed E-state index contributed by atoms with van der Waals surface area (Å²) in [5, 5.41) is 0. The molecule has 1 aromatic carbocycles. The topological polar surface area (TPSA) is 22.1 Å². The average Bonchev–Trinajstić information content (AvgIpc) is 2.93. The molecule has 0 bridgehead atoms. The molecule has 1 aromatic heterocycles. The van der Waals surface area contributed by atoms with E-state index in [0.29, 0.717) is 0 Å². The van der Waals surface area contributed by atoms with Crippen LogP contribution in [0, 0.1) is 0 Å². The van der Waals surface area contributed by atoms with E-state index in [4.69, 9.17) is 4.74 Å². The van der Waals surface area contributed by atoms with E-state index in [0.717, 1.165) is 24.3 Å². The highest BCUT2D eigenvalue weighted by atomic mass is 32.1. The van der Waals surface area contributed by atoms with Gasteiger partial charge in [0.2, 0.25) is 0 Å². The van der Waals surface area contributed by atoms with Crippen LogP contribution in [0.3, 0.4) is 0 Å². The zero-order valence-electron chi connectivity index (χ0n) is 12.4. The molecule has 0 aliphatic rings. The third kappa shape index (κ3) is 5.12. The van der Waals surface area contributed by atoms with Crippen molar-refractivity contribution in [3.05, 3.63) is 23.7 Å². The zero-order valence-corrected chi connectivity index (χ0v) is 13.3. The Bertz CT molecular complexity index is 494. The number of hydrogen-bond acceptors (Lipinski definition) is 3. The highest BCUT2D eigenvalue weighted by molar-refractivity contribution is 7.16. The Balaban J connectivity index is 1.54. The molecular formula is C17H25NOS. The molecule has 0 N–H and O–H groups in total. The Kier molecular flexibility index (Phi) is 6.85. The number of aromatic nitrogens is 1. The maximum absolute atomic E-state index is 5.81. The van der Waals surface area contributed by atoms with Gasteiger partial charge in [-0.15, -0.1) is 11.3 Å². The lowest BCUT2D eigenvalue weighted by atomic mass is 10.1. The van der Waals surface area contributed by atoms with Gasteiger partial charge in [-0.2, -0.15) is 0 Å². The van der Waals surface area contributed by atoms with Gasteiger partial charge in [0.25, 0.3) is 0 Å². The van der Waals surface area contributed by atoms with Gasteiger partial charge in [0.1, 0.15) is 5.75 Å². The summed E-state index contributed by atoms with van der Waals surface area (Å²) < 4.78 is 7.01. The van der Waals surface area contributed by atoms with Crippen LogP contribution in [0.4, 0.5) is 0 Å².